The molecule has 0 aromatic heterocycles. The van der Waals surface area contributed by atoms with Crippen LogP contribution in [0.5, 0.6) is 0 Å². The van der Waals surface area contributed by atoms with E-state index < -0.39 is 11.9 Å². The summed E-state index contributed by atoms with van der Waals surface area (Å²) in [6.07, 6.45) is 0.166. The molecule has 2 rings (SSSR count). The van der Waals surface area contributed by atoms with Gasteiger partial charge >= 0.3 is 0 Å². The average Bonchev–Trinajstić information content (AvgIpc) is 2.77. The molecular weight excluding hydrogens is 264 g/mol. The number of carbonyl (C=O) groups excluding carboxylic acids is 1. The molecule has 0 radical (unpaired) electrons. The predicted molar refractivity (Wildman–Crippen MR) is 72.9 cm³/mol. The van der Waals surface area contributed by atoms with Gasteiger partial charge in [-0.15, -0.1) is 0 Å². The Balaban J connectivity index is 2.05. The third-order valence-corrected chi connectivity index (χ3v) is 3.67. The Labute approximate surface area is 116 Å². The first-order valence-electron chi connectivity index (χ1n) is 5.95. The van der Waals surface area contributed by atoms with Crippen molar-refractivity contribution in [2.75, 3.05) is 6.61 Å². The van der Waals surface area contributed by atoms with Crippen molar-refractivity contribution in [2.24, 2.45) is 0 Å². The molecule has 1 heterocycles. The van der Waals surface area contributed by atoms with Gasteiger partial charge in [-0.25, -0.2) is 0 Å². The van der Waals surface area contributed by atoms with E-state index in [2.05, 4.69) is 0 Å². The van der Waals surface area contributed by atoms with Crippen LogP contribution in [-0.2, 0) is 14.3 Å². The molecular formula is C14H16O4S. The van der Waals surface area contributed by atoms with E-state index in [-0.39, 0.29) is 17.3 Å². The molecule has 1 N–H and O–H groups in total. The summed E-state index contributed by atoms with van der Waals surface area (Å²) in [6, 6.07) is 9.39. The fraction of sp³-hybridized carbons (Fsp3) is 0.357. The van der Waals surface area contributed by atoms with Crippen LogP contribution in [0, 0.1) is 0 Å². The Morgan fingerprint density at radius 3 is 2.63 bits per heavy atom. The van der Waals surface area contributed by atoms with E-state index in [0.717, 1.165) is 11.2 Å². The lowest BCUT2D eigenvalue weighted by Gasteiger charge is -2.16. The Morgan fingerprint density at radius 2 is 2.11 bits per heavy atom. The van der Waals surface area contributed by atoms with E-state index in [1.54, 1.807) is 13.8 Å². The Hall–Kier alpha value is -1.30. The topological polar surface area (TPSA) is 55.8 Å². The monoisotopic (exact) mass is 280 g/mol. The van der Waals surface area contributed by atoms with Gasteiger partial charge in [0.05, 0.1) is 17.8 Å². The standard InChI is InChI=1S/C14H16O4S/c1-14(2)17-9-11(18-14)13(16)12(8-15)19-10-6-4-3-5-7-10/h3-8,11,15H,9H2,1-2H3/b12-8-/t11-/m0/s1. The number of ketones is 1. The van der Waals surface area contributed by atoms with E-state index in [1.807, 2.05) is 30.3 Å². The van der Waals surface area contributed by atoms with Crippen LogP contribution in [0.1, 0.15) is 13.8 Å². The summed E-state index contributed by atoms with van der Waals surface area (Å²) in [7, 11) is 0. The van der Waals surface area contributed by atoms with Gasteiger partial charge in [-0.3, -0.25) is 4.79 Å². The second-order valence-electron chi connectivity index (χ2n) is 4.59. The van der Waals surface area contributed by atoms with E-state index in [1.165, 1.54) is 11.8 Å². The van der Waals surface area contributed by atoms with Gasteiger partial charge in [-0.05, 0) is 26.0 Å². The summed E-state index contributed by atoms with van der Waals surface area (Å²) in [4.78, 5) is 13.3. The first kappa shape index (κ1) is 14.1. The van der Waals surface area contributed by atoms with Gasteiger partial charge in [0.15, 0.2) is 5.79 Å². The van der Waals surface area contributed by atoms with Gasteiger partial charge in [0.25, 0.3) is 0 Å². The summed E-state index contributed by atoms with van der Waals surface area (Å²) >= 11 is 1.21. The highest BCUT2D eigenvalue weighted by molar-refractivity contribution is 8.04. The van der Waals surface area contributed by atoms with Crippen LogP contribution >= 0.6 is 11.8 Å². The van der Waals surface area contributed by atoms with Crippen molar-refractivity contribution in [2.45, 2.75) is 30.6 Å². The van der Waals surface area contributed by atoms with Gasteiger partial charge in [-0.2, -0.15) is 0 Å². The molecule has 1 aromatic carbocycles. The zero-order valence-corrected chi connectivity index (χ0v) is 11.6. The molecule has 1 aromatic rings. The summed E-state index contributed by atoms with van der Waals surface area (Å²) in [6.45, 7) is 3.72. The zero-order valence-electron chi connectivity index (χ0n) is 10.8. The third kappa shape index (κ3) is 3.59. The van der Waals surface area contributed by atoms with Crippen molar-refractivity contribution in [3.8, 4) is 0 Å². The molecule has 0 saturated carbocycles. The fourth-order valence-corrected chi connectivity index (χ4v) is 2.56. The van der Waals surface area contributed by atoms with E-state index >= 15 is 0 Å². The van der Waals surface area contributed by atoms with Gasteiger partial charge in [0, 0.05) is 4.90 Å². The van der Waals surface area contributed by atoms with Crippen LogP contribution in [0.4, 0.5) is 0 Å². The highest BCUT2D eigenvalue weighted by atomic mass is 32.2. The second kappa shape index (κ2) is 5.77. The quantitative estimate of drug-likeness (QED) is 0.522. The molecule has 19 heavy (non-hydrogen) atoms. The number of hydrogen-bond acceptors (Lipinski definition) is 5. The lowest BCUT2D eigenvalue weighted by atomic mass is 10.2. The predicted octanol–water partition coefficient (Wildman–Crippen LogP) is 2.90. The van der Waals surface area contributed by atoms with Crippen LogP contribution in [0.2, 0.25) is 0 Å². The number of benzene rings is 1. The maximum Gasteiger partial charge on any atom is 0.203 e. The maximum atomic E-state index is 12.2. The van der Waals surface area contributed by atoms with E-state index in [4.69, 9.17) is 9.47 Å². The summed E-state index contributed by atoms with van der Waals surface area (Å²) < 4.78 is 10.9. The number of hydrogen-bond donors (Lipinski definition) is 1. The highest BCUT2D eigenvalue weighted by Crippen LogP contribution is 2.31. The first-order valence-corrected chi connectivity index (χ1v) is 6.77. The molecule has 0 bridgehead atoms. The molecule has 0 amide bonds. The smallest absolute Gasteiger partial charge is 0.203 e. The number of ether oxygens (including phenoxy) is 2. The summed E-state index contributed by atoms with van der Waals surface area (Å²) in [5.41, 5.74) is 0. The lowest BCUT2D eigenvalue weighted by Crippen LogP contribution is -2.27. The highest BCUT2D eigenvalue weighted by Gasteiger charge is 2.38. The molecule has 0 unspecified atom stereocenters. The molecule has 1 saturated heterocycles. The normalized spacial score (nSPS) is 22.4. The van der Waals surface area contributed by atoms with Crippen molar-refractivity contribution in [1.82, 2.24) is 0 Å². The number of aliphatic hydroxyl groups is 1. The van der Waals surface area contributed by atoms with Gasteiger partial charge < -0.3 is 14.6 Å². The zero-order chi connectivity index (χ0) is 13.9. The van der Waals surface area contributed by atoms with Crippen LogP contribution in [0.25, 0.3) is 0 Å². The Morgan fingerprint density at radius 1 is 1.42 bits per heavy atom. The number of carbonyl (C=O) groups is 1. The van der Waals surface area contributed by atoms with Gasteiger partial charge in [0.2, 0.25) is 5.78 Å². The number of rotatable bonds is 4. The molecule has 102 valence electrons. The van der Waals surface area contributed by atoms with Crippen LogP contribution in [-0.4, -0.2) is 29.4 Å². The molecule has 0 spiro atoms. The molecule has 1 aliphatic heterocycles. The SMILES string of the molecule is CC1(C)OC[C@@H](C(=O)/C(=C/O)Sc2ccccc2)O1. The van der Waals surface area contributed by atoms with Gasteiger partial charge in [0.1, 0.15) is 6.10 Å². The van der Waals surface area contributed by atoms with Crippen LogP contribution in [0.15, 0.2) is 46.4 Å². The first-order chi connectivity index (χ1) is 9.02. The van der Waals surface area contributed by atoms with Crippen molar-refractivity contribution in [3.63, 3.8) is 0 Å². The molecule has 4 nitrogen and oxygen atoms in total. The van der Waals surface area contributed by atoms with Crippen molar-refractivity contribution in [1.29, 1.82) is 0 Å². The fourth-order valence-electron chi connectivity index (χ4n) is 1.73. The van der Waals surface area contributed by atoms with Crippen LogP contribution in [0.3, 0.4) is 0 Å². The largest absolute Gasteiger partial charge is 0.514 e. The number of aliphatic hydroxyl groups excluding tert-OH is 1. The van der Waals surface area contributed by atoms with E-state index in [0.29, 0.717) is 0 Å². The minimum atomic E-state index is -0.752. The molecule has 1 atom stereocenters. The van der Waals surface area contributed by atoms with Crippen molar-refractivity contribution < 1.29 is 19.4 Å². The Kier molecular flexibility index (Phi) is 4.29. The molecule has 0 aliphatic carbocycles. The molecule has 1 aliphatic rings. The Bertz CT molecular complexity index is 481. The third-order valence-electron chi connectivity index (χ3n) is 2.63. The minimum absolute atomic E-state index is 0.207. The summed E-state index contributed by atoms with van der Waals surface area (Å²) in [5, 5.41) is 9.25. The number of thioether (sulfide) groups is 1. The lowest BCUT2D eigenvalue weighted by molar-refractivity contribution is -0.149. The summed E-state index contributed by atoms with van der Waals surface area (Å²) in [5.74, 6) is -1.01. The van der Waals surface area contributed by atoms with E-state index in [9.17, 15) is 9.90 Å². The second-order valence-corrected chi connectivity index (χ2v) is 5.71. The maximum absolute atomic E-state index is 12.2. The minimum Gasteiger partial charge on any atom is -0.514 e. The molecule has 5 heteroatoms. The average molecular weight is 280 g/mol. The van der Waals surface area contributed by atoms with Crippen molar-refractivity contribution in [3.05, 3.63) is 41.5 Å². The van der Waals surface area contributed by atoms with Crippen molar-refractivity contribution >= 4 is 17.5 Å². The van der Waals surface area contributed by atoms with Gasteiger partial charge in [-0.1, -0.05) is 30.0 Å². The number of Topliss-reactive ketones (excluding diaryl/α,β-unsaturated/α-hetero) is 1. The van der Waals surface area contributed by atoms with Crippen LogP contribution < -0.4 is 0 Å². The molecule has 1 fully saturated rings.